The molecule has 3 N–H and O–H groups in total. The van der Waals surface area contributed by atoms with E-state index in [1.165, 1.54) is 37.7 Å². The number of furan rings is 1. The molecule has 4 nitrogen and oxygen atoms in total. The van der Waals surface area contributed by atoms with E-state index in [4.69, 9.17) is 15.0 Å². The van der Waals surface area contributed by atoms with Crippen LogP contribution in [0.15, 0.2) is 16.7 Å². The molecule has 4 heteroatoms. The van der Waals surface area contributed by atoms with Gasteiger partial charge in [-0.25, -0.2) is 0 Å². The average molecular weight is 278 g/mol. The van der Waals surface area contributed by atoms with E-state index in [1.54, 1.807) is 0 Å². The number of rotatable bonds is 3. The largest absolute Gasteiger partial charge is 0.469 e. The standard InChI is InChI=1S/C16H26N2O2/c1-12-9-14(11-19-12)15(18-17)13-5-8-20-16(10-13)6-3-2-4-7-16/h9,11,13,15,18H,2-8,10,17H2,1H3. The minimum Gasteiger partial charge on any atom is -0.469 e. The summed E-state index contributed by atoms with van der Waals surface area (Å²) in [6.45, 7) is 2.84. The molecule has 1 saturated carbocycles. The molecule has 112 valence electrons. The molecule has 20 heavy (non-hydrogen) atoms. The fourth-order valence-electron chi connectivity index (χ4n) is 4.03. The van der Waals surface area contributed by atoms with Crippen LogP contribution in [0.2, 0.25) is 0 Å². The zero-order valence-electron chi connectivity index (χ0n) is 12.4. The van der Waals surface area contributed by atoms with E-state index in [9.17, 15) is 0 Å². The summed E-state index contributed by atoms with van der Waals surface area (Å²) in [5, 5.41) is 0. The van der Waals surface area contributed by atoms with Crippen molar-refractivity contribution < 1.29 is 9.15 Å². The molecule has 0 aromatic carbocycles. The van der Waals surface area contributed by atoms with Crippen molar-refractivity contribution in [1.29, 1.82) is 0 Å². The van der Waals surface area contributed by atoms with Gasteiger partial charge in [0.25, 0.3) is 0 Å². The smallest absolute Gasteiger partial charge is 0.101 e. The summed E-state index contributed by atoms with van der Waals surface area (Å²) in [5.41, 5.74) is 4.30. The van der Waals surface area contributed by atoms with Gasteiger partial charge in [-0.1, -0.05) is 19.3 Å². The van der Waals surface area contributed by atoms with Gasteiger partial charge in [-0.05, 0) is 44.6 Å². The third-order valence-electron chi connectivity index (χ3n) is 5.06. The first kappa shape index (κ1) is 14.1. The van der Waals surface area contributed by atoms with Crippen molar-refractivity contribution in [3.8, 4) is 0 Å². The van der Waals surface area contributed by atoms with Crippen LogP contribution in [0.5, 0.6) is 0 Å². The van der Waals surface area contributed by atoms with Crippen LogP contribution < -0.4 is 11.3 Å². The fourth-order valence-corrected chi connectivity index (χ4v) is 4.03. The normalized spacial score (nSPS) is 27.6. The lowest BCUT2D eigenvalue weighted by Gasteiger charge is -2.45. The Morgan fingerprint density at radius 2 is 2.15 bits per heavy atom. The molecule has 1 aromatic heterocycles. The Kier molecular flexibility index (Phi) is 4.15. The second-order valence-electron chi connectivity index (χ2n) is 6.48. The van der Waals surface area contributed by atoms with E-state index in [-0.39, 0.29) is 11.6 Å². The Morgan fingerprint density at radius 3 is 2.80 bits per heavy atom. The van der Waals surface area contributed by atoms with Crippen LogP contribution in [-0.2, 0) is 4.74 Å². The highest BCUT2D eigenvalue weighted by Crippen LogP contribution is 2.44. The van der Waals surface area contributed by atoms with Crippen LogP contribution >= 0.6 is 0 Å². The van der Waals surface area contributed by atoms with Crippen molar-refractivity contribution in [1.82, 2.24) is 5.43 Å². The highest BCUT2D eigenvalue weighted by molar-refractivity contribution is 5.17. The molecule has 0 radical (unpaired) electrons. The highest BCUT2D eigenvalue weighted by Gasteiger charge is 2.41. The molecular formula is C16H26N2O2. The first-order valence-electron chi connectivity index (χ1n) is 7.88. The number of hydrogen-bond donors (Lipinski definition) is 2. The highest BCUT2D eigenvalue weighted by atomic mass is 16.5. The molecule has 1 aliphatic carbocycles. The molecule has 2 unspecified atom stereocenters. The second kappa shape index (κ2) is 5.88. The SMILES string of the molecule is Cc1cc(C(NN)C2CCOC3(CCCCC3)C2)co1. The van der Waals surface area contributed by atoms with Crippen molar-refractivity contribution in [3.63, 3.8) is 0 Å². The summed E-state index contributed by atoms with van der Waals surface area (Å²) in [4.78, 5) is 0. The van der Waals surface area contributed by atoms with Gasteiger partial charge in [0.15, 0.2) is 0 Å². The van der Waals surface area contributed by atoms with Gasteiger partial charge in [0.05, 0.1) is 17.9 Å². The molecular weight excluding hydrogens is 252 g/mol. The molecule has 0 bridgehead atoms. The fraction of sp³-hybridized carbons (Fsp3) is 0.750. The van der Waals surface area contributed by atoms with Gasteiger partial charge < -0.3 is 9.15 Å². The number of hydrogen-bond acceptors (Lipinski definition) is 4. The van der Waals surface area contributed by atoms with Crippen molar-refractivity contribution in [2.45, 2.75) is 63.5 Å². The molecule has 1 saturated heterocycles. The van der Waals surface area contributed by atoms with Gasteiger partial charge in [-0.2, -0.15) is 0 Å². The second-order valence-corrected chi connectivity index (χ2v) is 6.48. The third-order valence-corrected chi connectivity index (χ3v) is 5.06. The minimum atomic E-state index is 0.120. The van der Waals surface area contributed by atoms with Crippen LogP contribution in [0.3, 0.4) is 0 Å². The van der Waals surface area contributed by atoms with Crippen LogP contribution in [0.25, 0.3) is 0 Å². The topological polar surface area (TPSA) is 60.4 Å². The Balaban J connectivity index is 1.74. The summed E-state index contributed by atoms with van der Waals surface area (Å²) < 4.78 is 11.6. The number of aryl methyl sites for hydroxylation is 1. The predicted octanol–water partition coefficient (Wildman–Crippen LogP) is 3.22. The predicted molar refractivity (Wildman–Crippen MR) is 78.0 cm³/mol. The molecule has 1 spiro atoms. The maximum absolute atomic E-state index is 6.18. The quantitative estimate of drug-likeness (QED) is 0.658. The van der Waals surface area contributed by atoms with E-state index in [0.29, 0.717) is 5.92 Å². The third kappa shape index (κ3) is 2.78. The van der Waals surface area contributed by atoms with Gasteiger partial charge in [-0.3, -0.25) is 11.3 Å². The first-order valence-corrected chi connectivity index (χ1v) is 7.88. The van der Waals surface area contributed by atoms with Gasteiger partial charge in [-0.15, -0.1) is 0 Å². The summed E-state index contributed by atoms with van der Waals surface area (Å²) in [7, 11) is 0. The van der Waals surface area contributed by atoms with Gasteiger partial charge in [0.1, 0.15) is 5.76 Å². The Labute approximate surface area is 121 Å². The number of hydrazine groups is 1. The molecule has 2 atom stereocenters. The summed E-state index contributed by atoms with van der Waals surface area (Å²) >= 11 is 0. The molecule has 2 heterocycles. The van der Waals surface area contributed by atoms with Gasteiger partial charge >= 0.3 is 0 Å². The number of nitrogens with one attached hydrogen (secondary N) is 1. The first-order chi connectivity index (χ1) is 9.72. The Hall–Kier alpha value is -0.840. The summed E-state index contributed by atoms with van der Waals surface area (Å²) in [6.07, 6.45) is 10.4. The van der Waals surface area contributed by atoms with E-state index in [0.717, 1.165) is 25.2 Å². The van der Waals surface area contributed by atoms with E-state index >= 15 is 0 Å². The van der Waals surface area contributed by atoms with Gasteiger partial charge in [0.2, 0.25) is 0 Å². The molecule has 2 aliphatic rings. The van der Waals surface area contributed by atoms with Crippen LogP contribution in [-0.4, -0.2) is 12.2 Å². The molecule has 1 aromatic rings. The zero-order valence-corrected chi connectivity index (χ0v) is 12.4. The zero-order chi connectivity index (χ0) is 14.0. The van der Waals surface area contributed by atoms with Crippen molar-refractivity contribution in [2.24, 2.45) is 11.8 Å². The van der Waals surface area contributed by atoms with Crippen molar-refractivity contribution in [2.75, 3.05) is 6.61 Å². The molecule has 2 fully saturated rings. The Bertz CT molecular complexity index is 432. The molecule has 0 amide bonds. The lowest BCUT2D eigenvalue weighted by molar-refractivity contribution is -0.122. The lowest BCUT2D eigenvalue weighted by atomic mass is 9.73. The monoisotopic (exact) mass is 278 g/mol. The summed E-state index contributed by atoms with van der Waals surface area (Å²) in [5.74, 6) is 7.31. The average Bonchev–Trinajstić information content (AvgIpc) is 2.87. The van der Waals surface area contributed by atoms with E-state index < -0.39 is 0 Å². The maximum atomic E-state index is 6.18. The van der Waals surface area contributed by atoms with E-state index in [1.807, 2.05) is 13.2 Å². The molecule has 3 rings (SSSR count). The van der Waals surface area contributed by atoms with E-state index in [2.05, 4.69) is 11.5 Å². The molecule has 1 aliphatic heterocycles. The Morgan fingerprint density at radius 1 is 1.35 bits per heavy atom. The summed E-state index contributed by atoms with van der Waals surface area (Å²) in [6, 6.07) is 2.27. The van der Waals surface area contributed by atoms with Crippen molar-refractivity contribution in [3.05, 3.63) is 23.7 Å². The van der Waals surface area contributed by atoms with Crippen LogP contribution in [0, 0.1) is 12.8 Å². The lowest BCUT2D eigenvalue weighted by Crippen LogP contribution is -2.45. The number of ether oxygens (including phenoxy) is 1. The minimum absolute atomic E-state index is 0.120. The van der Waals surface area contributed by atoms with Crippen LogP contribution in [0.4, 0.5) is 0 Å². The maximum Gasteiger partial charge on any atom is 0.101 e. The number of nitrogens with two attached hydrogens (primary N) is 1. The van der Waals surface area contributed by atoms with Crippen LogP contribution in [0.1, 0.15) is 62.3 Å². The van der Waals surface area contributed by atoms with Gasteiger partial charge in [0, 0.05) is 12.2 Å². The van der Waals surface area contributed by atoms with Crippen molar-refractivity contribution >= 4 is 0 Å².